The van der Waals surface area contributed by atoms with E-state index >= 15 is 0 Å². The van der Waals surface area contributed by atoms with Gasteiger partial charge in [0, 0.05) is 0 Å². The number of hydrogen-bond acceptors (Lipinski definition) is 3. The molecule has 2 aromatic carbocycles. The standard InChI is InChI=1S/C18H20O3S/c19-18(15-9-3-1-4-10-15,16-11-5-2-6-12-16)17-13-7-8-14-22(17,20)21/h1-6,9-12,17,19H,7-8,13-14H2/t17-/m0/s1. The predicted octanol–water partition coefficient (Wildman–Crippen LogP) is 2.89. The molecule has 0 spiro atoms. The van der Waals surface area contributed by atoms with Crippen LogP contribution in [0.2, 0.25) is 0 Å². The number of hydrogen-bond donors (Lipinski definition) is 1. The van der Waals surface area contributed by atoms with Crippen molar-refractivity contribution in [2.24, 2.45) is 0 Å². The minimum Gasteiger partial charge on any atom is -0.379 e. The number of sulfone groups is 1. The van der Waals surface area contributed by atoms with Gasteiger partial charge in [-0.25, -0.2) is 8.42 Å². The zero-order chi connectivity index (χ0) is 15.6. The lowest BCUT2D eigenvalue weighted by Crippen LogP contribution is -2.48. The molecule has 1 aliphatic rings. The summed E-state index contributed by atoms with van der Waals surface area (Å²) in [7, 11) is -3.33. The summed E-state index contributed by atoms with van der Waals surface area (Å²) in [6.45, 7) is 0. The normalized spacial score (nSPS) is 21.4. The van der Waals surface area contributed by atoms with Crippen molar-refractivity contribution in [3.05, 3.63) is 71.8 Å². The van der Waals surface area contributed by atoms with Crippen LogP contribution in [0.5, 0.6) is 0 Å². The number of benzene rings is 2. The molecule has 0 amide bonds. The van der Waals surface area contributed by atoms with Gasteiger partial charge in [-0.1, -0.05) is 67.1 Å². The Morgan fingerprint density at radius 1 is 0.864 bits per heavy atom. The second-order valence-corrected chi connectivity index (χ2v) is 8.15. The molecule has 1 aliphatic heterocycles. The van der Waals surface area contributed by atoms with E-state index in [-0.39, 0.29) is 5.75 Å². The van der Waals surface area contributed by atoms with Gasteiger partial charge in [0.05, 0.1) is 11.0 Å². The molecule has 3 nitrogen and oxygen atoms in total. The summed E-state index contributed by atoms with van der Waals surface area (Å²) in [4.78, 5) is 0. The van der Waals surface area contributed by atoms with E-state index in [0.29, 0.717) is 24.0 Å². The minimum atomic E-state index is -3.33. The average molecular weight is 316 g/mol. The van der Waals surface area contributed by atoms with E-state index in [4.69, 9.17) is 0 Å². The first-order valence-electron chi connectivity index (χ1n) is 7.60. The number of aliphatic hydroxyl groups is 1. The Hall–Kier alpha value is -1.65. The van der Waals surface area contributed by atoms with Crippen LogP contribution in [0.3, 0.4) is 0 Å². The summed E-state index contributed by atoms with van der Waals surface area (Å²) in [6, 6.07) is 18.3. The van der Waals surface area contributed by atoms with E-state index in [2.05, 4.69) is 0 Å². The molecule has 1 saturated heterocycles. The van der Waals surface area contributed by atoms with Crippen LogP contribution >= 0.6 is 0 Å². The molecule has 1 N–H and O–H groups in total. The molecular weight excluding hydrogens is 296 g/mol. The molecule has 0 aromatic heterocycles. The van der Waals surface area contributed by atoms with Gasteiger partial charge >= 0.3 is 0 Å². The van der Waals surface area contributed by atoms with E-state index in [1.165, 1.54) is 0 Å². The quantitative estimate of drug-likeness (QED) is 0.947. The predicted molar refractivity (Wildman–Crippen MR) is 87.3 cm³/mol. The highest BCUT2D eigenvalue weighted by molar-refractivity contribution is 7.92. The van der Waals surface area contributed by atoms with Gasteiger partial charge in [-0.2, -0.15) is 0 Å². The summed E-state index contributed by atoms with van der Waals surface area (Å²) >= 11 is 0. The topological polar surface area (TPSA) is 54.4 Å². The molecule has 0 radical (unpaired) electrons. The minimum absolute atomic E-state index is 0.152. The van der Waals surface area contributed by atoms with Crippen molar-refractivity contribution in [2.45, 2.75) is 30.1 Å². The van der Waals surface area contributed by atoms with Crippen molar-refractivity contribution in [2.75, 3.05) is 5.75 Å². The van der Waals surface area contributed by atoms with Crippen molar-refractivity contribution in [3.63, 3.8) is 0 Å². The molecule has 0 bridgehead atoms. The summed E-state index contributed by atoms with van der Waals surface area (Å²) in [6.07, 6.45) is 1.99. The van der Waals surface area contributed by atoms with Gasteiger partial charge in [-0.3, -0.25) is 0 Å². The first kappa shape index (κ1) is 15.3. The zero-order valence-corrected chi connectivity index (χ0v) is 13.2. The summed E-state index contributed by atoms with van der Waals surface area (Å²) < 4.78 is 25.2. The highest BCUT2D eigenvalue weighted by atomic mass is 32.2. The fourth-order valence-corrected chi connectivity index (χ4v) is 5.56. The van der Waals surface area contributed by atoms with Crippen LogP contribution in [-0.4, -0.2) is 24.5 Å². The Morgan fingerprint density at radius 3 is 1.82 bits per heavy atom. The maximum absolute atomic E-state index is 12.6. The molecule has 4 heteroatoms. The van der Waals surface area contributed by atoms with E-state index in [0.717, 1.165) is 6.42 Å². The van der Waals surface area contributed by atoms with Crippen LogP contribution in [0, 0.1) is 0 Å². The van der Waals surface area contributed by atoms with Gasteiger partial charge in [-0.15, -0.1) is 0 Å². The van der Waals surface area contributed by atoms with Gasteiger partial charge in [0.25, 0.3) is 0 Å². The average Bonchev–Trinajstić information content (AvgIpc) is 2.55. The molecular formula is C18H20O3S. The van der Waals surface area contributed by atoms with E-state index in [1.807, 2.05) is 36.4 Å². The summed E-state index contributed by atoms with van der Waals surface area (Å²) in [5.74, 6) is 0.152. The van der Waals surface area contributed by atoms with Crippen LogP contribution in [-0.2, 0) is 15.4 Å². The smallest absolute Gasteiger partial charge is 0.156 e. The molecule has 116 valence electrons. The van der Waals surface area contributed by atoms with E-state index in [1.54, 1.807) is 24.3 Å². The highest BCUT2D eigenvalue weighted by Crippen LogP contribution is 2.40. The number of rotatable bonds is 3. The van der Waals surface area contributed by atoms with Crippen molar-refractivity contribution in [1.82, 2.24) is 0 Å². The van der Waals surface area contributed by atoms with Crippen LogP contribution < -0.4 is 0 Å². The monoisotopic (exact) mass is 316 g/mol. The lowest BCUT2D eigenvalue weighted by atomic mass is 9.81. The van der Waals surface area contributed by atoms with Gasteiger partial charge in [0.1, 0.15) is 5.60 Å². The molecule has 0 aliphatic carbocycles. The largest absolute Gasteiger partial charge is 0.379 e. The molecule has 2 aromatic rings. The third-order valence-corrected chi connectivity index (χ3v) is 6.77. The van der Waals surface area contributed by atoms with Gasteiger partial charge in [0.15, 0.2) is 9.84 Å². The molecule has 0 saturated carbocycles. The Balaban J connectivity index is 2.20. The van der Waals surface area contributed by atoms with Gasteiger partial charge in [0.2, 0.25) is 0 Å². The van der Waals surface area contributed by atoms with Crippen LogP contribution in [0.15, 0.2) is 60.7 Å². The molecule has 22 heavy (non-hydrogen) atoms. The maximum Gasteiger partial charge on any atom is 0.156 e. The lowest BCUT2D eigenvalue weighted by molar-refractivity contribution is 0.0702. The Labute approximate surface area is 131 Å². The Kier molecular flexibility index (Phi) is 4.06. The fraction of sp³-hybridized carbons (Fsp3) is 0.333. The molecule has 1 atom stereocenters. The zero-order valence-electron chi connectivity index (χ0n) is 12.4. The molecule has 1 fully saturated rings. The third-order valence-electron chi connectivity index (χ3n) is 4.47. The van der Waals surface area contributed by atoms with Crippen LogP contribution in [0.1, 0.15) is 30.4 Å². The summed E-state index contributed by atoms with van der Waals surface area (Å²) in [5, 5.41) is 10.7. The second-order valence-electron chi connectivity index (χ2n) is 5.85. The van der Waals surface area contributed by atoms with Crippen molar-refractivity contribution in [3.8, 4) is 0 Å². The van der Waals surface area contributed by atoms with Gasteiger partial charge < -0.3 is 5.11 Å². The van der Waals surface area contributed by atoms with Crippen molar-refractivity contribution >= 4 is 9.84 Å². The lowest BCUT2D eigenvalue weighted by Gasteiger charge is -2.38. The molecule has 0 unspecified atom stereocenters. The third kappa shape index (κ3) is 2.57. The first-order chi connectivity index (χ1) is 10.5. The Morgan fingerprint density at radius 2 is 1.36 bits per heavy atom. The molecule has 1 heterocycles. The van der Waals surface area contributed by atoms with Crippen molar-refractivity contribution < 1.29 is 13.5 Å². The molecule has 3 rings (SSSR count). The van der Waals surface area contributed by atoms with Crippen molar-refractivity contribution in [1.29, 1.82) is 0 Å². The first-order valence-corrected chi connectivity index (χ1v) is 9.32. The second kappa shape index (κ2) is 5.86. The highest BCUT2D eigenvalue weighted by Gasteiger charge is 2.48. The van der Waals surface area contributed by atoms with E-state index in [9.17, 15) is 13.5 Å². The fourth-order valence-electron chi connectivity index (χ4n) is 3.35. The summed E-state index contributed by atoms with van der Waals surface area (Å²) in [5.41, 5.74) is -0.227. The Bertz CT molecular complexity index is 684. The van der Waals surface area contributed by atoms with Crippen LogP contribution in [0.25, 0.3) is 0 Å². The SMILES string of the molecule is O=S1(=O)CCCC[C@H]1C(O)(c1ccccc1)c1ccccc1. The van der Waals surface area contributed by atoms with Gasteiger partial charge in [-0.05, 0) is 24.0 Å². The maximum atomic E-state index is 12.6. The van der Waals surface area contributed by atoms with E-state index < -0.39 is 20.7 Å². The van der Waals surface area contributed by atoms with Crippen LogP contribution in [0.4, 0.5) is 0 Å².